The van der Waals surface area contributed by atoms with E-state index in [1.165, 1.54) is 26.6 Å². The van der Waals surface area contributed by atoms with Crippen LogP contribution < -0.4 is 0 Å². The first-order valence-electron chi connectivity index (χ1n) is 22.9. The van der Waals surface area contributed by atoms with Gasteiger partial charge in [-0.3, -0.25) is 19.3 Å². The molecular weight excluding hydrogens is 882 g/mol. The van der Waals surface area contributed by atoms with Crippen molar-refractivity contribution in [1.82, 2.24) is 39.3 Å². The molecule has 15 heteroatoms. The lowest BCUT2D eigenvalue weighted by Crippen LogP contribution is -2.34. The lowest BCUT2D eigenvalue weighted by atomic mass is 9.90. The fraction of sp³-hybridized carbons (Fsp3) is 0.346. The van der Waals surface area contributed by atoms with Crippen molar-refractivity contribution in [3.63, 3.8) is 0 Å². The van der Waals surface area contributed by atoms with Gasteiger partial charge in [0.1, 0.15) is 28.4 Å². The molecule has 1 saturated heterocycles. The van der Waals surface area contributed by atoms with Crippen molar-refractivity contribution in [2.45, 2.75) is 91.8 Å². The molecule has 2 aliphatic rings. The zero-order valence-corrected chi connectivity index (χ0v) is 40.5. The maximum absolute atomic E-state index is 14.2. The number of likely N-dealkylation sites (tertiary alicyclic amines) is 1. The van der Waals surface area contributed by atoms with Crippen LogP contribution in [0.25, 0.3) is 22.1 Å². The average molecular weight is 939 g/mol. The van der Waals surface area contributed by atoms with Gasteiger partial charge in [0, 0.05) is 40.7 Å². The summed E-state index contributed by atoms with van der Waals surface area (Å²) in [4.78, 5) is 25.0. The molecule has 7 aromatic rings. The van der Waals surface area contributed by atoms with Gasteiger partial charge in [-0.15, -0.1) is 26.6 Å². The van der Waals surface area contributed by atoms with Crippen molar-refractivity contribution >= 4 is 34.6 Å². The molecule has 1 amide bonds. The summed E-state index contributed by atoms with van der Waals surface area (Å²) < 4.78 is 3.59. The molecule has 3 aromatic heterocycles. The number of thiophene rings is 1. The van der Waals surface area contributed by atoms with E-state index < -0.39 is 6.04 Å². The number of amides is 1. The molecule has 3 N–H and O–H groups in total. The van der Waals surface area contributed by atoms with E-state index >= 15 is 0 Å². The van der Waals surface area contributed by atoms with Crippen LogP contribution in [0.4, 0.5) is 0 Å². The lowest BCUT2D eigenvalue weighted by molar-refractivity contribution is -0.132. The Kier molecular flexibility index (Phi) is 12.8. The van der Waals surface area contributed by atoms with Crippen molar-refractivity contribution < 1.29 is 20.1 Å². The second-order valence-corrected chi connectivity index (χ2v) is 20.0. The van der Waals surface area contributed by atoms with Crippen LogP contribution >= 0.6 is 22.9 Å². The van der Waals surface area contributed by atoms with E-state index in [4.69, 9.17) is 16.6 Å². The molecule has 0 radical (unpaired) electrons. The molecule has 13 nitrogen and oxygen atoms in total. The molecule has 0 saturated carbocycles. The number of carbonyl (C=O) groups excluding carboxylic acids is 1. The molecule has 346 valence electrons. The van der Waals surface area contributed by atoms with Crippen LogP contribution in [-0.4, -0.2) is 86.4 Å². The highest BCUT2D eigenvalue weighted by Crippen LogP contribution is 2.41. The smallest absolute Gasteiger partial charge is 0.319 e. The number of fused-ring (bicyclic) bond motifs is 3. The standard InChI is InChI=1S/C52H56ClN9O4S/c1-29(2)41-25-42(45(64)27-44(41)63)49-56-58-52(66)62(49)40-18-10-34(11-19-40)24-35-20-22-60(23-21-35)28-36-8-12-37(13-9-36)31(4)59(7)46(65)26-43-50-57-55-33(6)61(50)51-47(30(3)32(5)67-51)48(54-43)38-14-16-39(53)17-15-38/h8-19,25,27,29,31,35,43,63-64H,20-24,26,28H2,1-7H3,(H,58,66)/t31-,43+/m1/s1. The minimum absolute atomic E-state index is 0.00939. The van der Waals surface area contributed by atoms with Crippen LogP contribution in [0.3, 0.4) is 0 Å². The van der Waals surface area contributed by atoms with Gasteiger partial charge in [0.15, 0.2) is 11.6 Å². The Morgan fingerprint density at radius 3 is 2.21 bits per heavy atom. The van der Waals surface area contributed by atoms with Gasteiger partial charge in [-0.05, 0) is 130 Å². The number of phenolic OH excluding ortho intramolecular Hbond substituents is 2. The number of carbonyl (C=O) groups is 1. The van der Waals surface area contributed by atoms with E-state index in [1.807, 2.05) is 69.1 Å². The highest BCUT2D eigenvalue weighted by atomic mass is 35.5. The van der Waals surface area contributed by atoms with E-state index in [0.717, 1.165) is 77.7 Å². The predicted molar refractivity (Wildman–Crippen MR) is 263 cm³/mol. The number of aromatic nitrogens is 6. The van der Waals surface area contributed by atoms with E-state index in [1.54, 1.807) is 17.4 Å². The van der Waals surface area contributed by atoms with Crippen LogP contribution in [0, 0.1) is 26.7 Å². The molecule has 0 aliphatic carbocycles. The van der Waals surface area contributed by atoms with E-state index in [9.17, 15) is 20.1 Å². The zero-order valence-electron chi connectivity index (χ0n) is 38.9. The number of nitrogens with zero attached hydrogens (tertiary/aromatic N) is 9. The van der Waals surface area contributed by atoms with Crippen molar-refractivity contribution in [1.29, 1.82) is 0 Å². The number of rotatable bonds is 12. The number of hydrogen-bond donors (Lipinski definition) is 3. The minimum atomic E-state index is -0.538. The highest BCUT2D eigenvalue weighted by molar-refractivity contribution is 7.15. The third-order valence-corrected chi connectivity index (χ3v) is 15.1. The van der Waals surface area contributed by atoms with Crippen molar-refractivity contribution in [2.24, 2.45) is 10.9 Å². The summed E-state index contributed by atoms with van der Waals surface area (Å²) in [5.41, 5.74) is 9.19. The first-order chi connectivity index (χ1) is 32.1. The lowest BCUT2D eigenvalue weighted by Gasteiger charge is -2.32. The van der Waals surface area contributed by atoms with Gasteiger partial charge >= 0.3 is 6.01 Å². The minimum Gasteiger partial charge on any atom is -0.508 e. The van der Waals surface area contributed by atoms with Crippen LogP contribution in [0.5, 0.6) is 17.5 Å². The Hall–Kier alpha value is -6.35. The second-order valence-electron chi connectivity index (χ2n) is 18.4. The number of benzene rings is 4. The quantitative estimate of drug-likeness (QED) is 0.108. The molecule has 2 atom stereocenters. The molecule has 0 unspecified atom stereocenters. The van der Waals surface area contributed by atoms with Gasteiger partial charge < -0.3 is 20.2 Å². The Morgan fingerprint density at radius 2 is 1.52 bits per heavy atom. The fourth-order valence-corrected chi connectivity index (χ4v) is 10.8. The number of phenols is 2. The second kappa shape index (κ2) is 18.7. The maximum atomic E-state index is 14.2. The van der Waals surface area contributed by atoms with Gasteiger partial charge in [0.05, 0.1) is 29.4 Å². The molecule has 2 aliphatic heterocycles. The first-order valence-corrected chi connectivity index (χ1v) is 24.1. The Morgan fingerprint density at radius 1 is 0.836 bits per heavy atom. The van der Waals surface area contributed by atoms with Crippen molar-refractivity contribution in [3.05, 3.63) is 145 Å². The normalized spacial score (nSPS) is 15.8. The van der Waals surface area contributed by atoms with Gasteiger partial charge in [-0.1, -0.05) is 79.1 Å². The molecule has 67 heavy (non-hydrogen) atoms. The fourth-order valence-electron chi connectivity index (χ4n) is 9.43. The van der Waals surface area contributed by atoms with Crippen LogP contribution in [0.2, 0.25) is 5.02 Å². The monoisotopic (exact) mass is 937 g/mol. The zero-order chi connectivity index (χ0) is 47.3. The van der Waals surface area contributed by atoms with Crippen molar-refractivity contribution in [2.75, 3.05) is 20.1 Å². The SMILES string of the molecule is Cc1sc2c(c1C)C(c1ccc(Cl)cc1)=N[C@@H](CC(=O)N(C)[C@H](C)c1ccc(CN3CCC(Cc4ccc(-n5c(O)nnc5-c5cc(C(C)C)c(O)cc5O)cc4)CC3)cc1)c1nnc(C)n1-2. The Bertz CT molecular complexity index is 2970. The van der Waals surface area contributed by atoms with Crippen LogP contribution in [0.1, 0.15) is 114 Å². The molecule has 4 aromatic carbocycles. The number of hydrogen-bond acceptors (Lipinski definition) is 11. The summed E-state index contributed by atoms with van der Waals surface area (Å²) in [6.45, 7) is 15.1. The number of aliphatic imine (C=N–C) groups is 1. The van der Waals surface area contributed by atoms with E-state index in [-0.39, 0.29) is 47.6 Å². The number of halogens is 1. The van der Waals surface area contributed by atoms with Crippen molar-refractivity contribution in [3.8, 4) is 39.6 Å². The topological polar surface area (TPSA) is 158 Å². The molecule has 9 rings (SSSR count). The molecular formula is C52H56ClN9O4S. The molecule has 5 heterocycles. The number of piperidine rings is 1. The summed E-state index contributed by atoms with van der Waals surface area (Å²) in [6.07, 6.45) is 3.28. The predicted octanol–water partition coefficient (Wildman–Crippen LogP) is 10.4. The third kappa shape index (κ3) is 9.09. The van der Waals surface area contributed by atoms with Crippen LogP contribution in [-0.2, 0) is 17.8 Å². The third-order valence-electron chi connectivity index (χ3n) is 13.6. The Labute approximate surface area is 400 Å². The van der Waals surface area contributed by atoms with Gasteiger partial charge in [-0.25, -0.2) is 4.57 Å². The summed E-state index contributed by atoms with van der Waals surface area (Å²) in [6, 6.07) is 26.4. The Balaban J connectivity index is 0.808. The molecule has 0 bridgehead atoms. The number of aryl methyl sites for hydroxylation is 2. The summed E-state index contributed by atoms with van der Waals surface area (Å²) in [7, 11) is 1.87. The van der Waals surface area contributed by atoms with Gasteiger partial charge in [0.25, 0.3) is 0 Å². The highest BCUT2D eigenvalue weighted by Gasteiger charge is 2.34. The summed E-state index contributed by atoms with van der Waals surface area (Å²) >= 11 is 8.00. The molecule has 0 spiro atoms. The first kappa shape index (κ1) is 45.8. The van der Waals surface area contributed by atoms with Gasteiger partial charge in [0.2, 0.25) is 5.91 Å². The van der Waals surface area contributed by atoms with Gasteiger partial charge in [-0.2, -0.15) is 0 Å². The van der Waals surface area contributed by atoms with Crippen LogP contribution in [0.15, 0.2) is 89.9 Å². The molecule has 1 fully saturated rings. The summed E-state index contributed by atoms with van der Waals surface area (Å²) in [5.74, 6) is 2.12. The summed E-state index contributed by atoms with van der Waals surface area (Å²) in [5, 5.41) is 50.6. The number of aromatic hydroxyl groups is 3. The average Bonchev–Trinajstić information content (AvgIpc) is 3.95. The van der Waals surface area contributed by atoms with E-state index in [2.05, 4.69) is 87.0 Å². The maximum Gasteiger partial charge on any atom is 0.319 e. The largest absolute Gasteiger partial charge is 0.508 e. The van der Waals surface area contributed by atoms with E-state index in [0.29, 0.717) is 33.6 Å².